The maximum atomic E-state index is 9.50. The number of phenolic OH excluding ortho intramolecular Hbond substituents is 1. The van der Waals surface area contributed by atoms with Crippen LogP contribution in [0.5, 0.6) is 5.75 Å². The van der Waals surface area contributed by atoms with Crippen LogP contribution in [-0.2, 0) is 0 Å². The first-order valence-electron chi connectivity index (χ1n) is 3.62. The van der Waals surface area contributed by atoms with Crippen molar-refractivity contribution in [2.24, 2.45) is 0 Å². The van der Waals surface area contributed by atoms with E-state index >= 15 is 0 Å². The summed E-state index contributed by atoms with van der Waals surface area (Å²) in [6, 6.07) is 6.95. The molecule has 2 aromatic rings. The van der Waals surface area contributed by atoms with Gasteiger partial charge in [0.1, 0.15) is 15.0 Å². The monoisotopic (exact) mass is 305 g/mol. The van der Waals surface area contributed by atoms with E-state index in [2.05, 4.69) is 27.6 Å². The van der Waals surface area contributed by atoms with Gasteiger partial charge in [-0.15, -0.1) is 0 Å². The summed E-state index contributed by atoms with van der Waals surface area (Å²) in [6.07, 6.45) is 0. The number of benzene rings is 1. The minimum atomic E-state index is 0.165. The normalized spacial score (nSPS) is 10.6. The number of halogens is 2. The highest BCUT2D eigenvalue weighted by Gasteiger charge is 2.05. The second kappa shape index (κ2) is 3.31. The summed E-state index contributed by atoms with van der Waals surface area (Å²) in [5.74, 6) is 0.165. The van der Waals surface area contributed by atoms with Crippen LogP contribution < -0.4 is 0 Å². The van der Waals surface area contributed by atoms with Crippen molar-refractivity contribution in [2.45, 2.75) is 0 Å². The summed E-state index contributed by atoms with van der Waals surface area (Å²) in [7, 11) is 0. The van der Waals surface area contributed by atoms with Crippen molar-refractivity contribution in [2.75, 3.05) is 0 Å². The van der Waals surface area contributed by atoms with Crippen molar-refractivity contribution >= 4 is 45.1 Å². The fraction of sp³-hybridized carbons (Fsp3) is 0. The Hall–Kier alpha value is -0.550. The third kappa shape index (κ3) is 1.58. The summed E-state index contributed by atoms with van der Waals surface area (Å²) in [4.78, 5) is 4.19. The van der Waals surface area contributed by atoms with Crippen molar-refractivity contribution < 1.29 is 5.11 Å². The number of pyridine rings is 1. The van der Waals surface area contributed by atoms with E-state index in [-0.39, 0.29) is 5.75 Å². The van der Waals surface area contributed by atoms with Gasteiger partial charge in [0.25, 0.3) is 0 Å². The number of aromatic hydroxyl groups is 1. The molecule has 2 rings (SSSR count). The molecule has 0 aliphatic rings. The van der Waals surface area contributed by atoms with Gasteiger partial charge in [-0.25, -0.2) is 4.98 Å². The van der Waals surface area contributed by atoms with E-state index in [0.717, 1.165) is 9.09 Å². The zero-order valence-corrected chi connectivity index (χ0v) is 9.37. The van der Waals surface area contributed by atoms with E-state index < -0.39 is 0 Å². The molecule has 1 aromatic heterocycles. The van der Waals surface area contributed by atoms with Crippen molar-refractivity contribution in [3.05, 3.63) is 33.0 Å². The van der Waals surface area contributed by atoms with Crippen LogP contribution in [-0.4, -0.2) is 10.1 Å². The highest BCUT2D eigenvalue weighted by Crippen LogP contribution is 2.29. The Balaban J connectivity index is 2.94. The van der Waals surface area contributed by atoms with E-state index in [1.807, 2.05) is 6.07 Å². The summed E-state index contributed by atoms with van der Waals surface area (Å²) < 4.78 is 0.775. The largest absolute Gasteiger partial charge is 0.506 e. The predicted molar refractivity (Wildman–Crippen MR) is 61.1 cm³/mol. The predicted octanol–water partition coefficient (Wildman–Crippen LogP) is 3.20. The lowest BCUT2D eigenvalue weighted by Gasteiger charge is -2.02. The smallest absolute Gasteiger partial charge is 0.141 e. The zero-order valence-electron chi connectivity index (χ0n) is 6.46. The van der Waals surface area contributed by atoms with Crippen LogP contribution in [0.4, 0.5) is 0 Å². The molecule has 0 aliphatic heterocycles. The molecule has 0 fully saturated rings. The molecule has 0 aliphatic carbocycles. The van der Waals surface area contributed by atoms with Gasteiger partial charge < -0.3 is 5.11 Å². The van der Waals surface area contributed by atoms with Crippen LogP contribution in [0.25, 0.3) is 10.9 Å². The van der Waals surface area contributed by atoms with Crippen LogP contribution in [0.2, 0.25) is 5.02 Å². The molecule has 0 amide bonds. The first-order valence-corrected chi connectivity index (χ1v) is 5.08. The standard InChI is InChI=1S/C9H5ClINO/c10-6-4-8(11)12-9-5(6)2-1-3-7(9)13/h1-4,13H. The van der Waals surface area contributed by atoms with Gasteiger partial charge >= 0.3 is 0 Å². The molecular formula is C9H5ClINO. The number of aromatic nitrogens is 1. The Bertz CT molecular complexity index is 472. The Morgan fingerprint density at radius 1 is 1.38 bits per heavy atom. The van der Waals surface area contributed by atoms with E-state index in [1.165, 1.54) is 0 Å². The second-order valence-corrected chi connectivity index (χ2v) is 4.11. The van der Waals surface area contributed by atoms with E-state index in [0.29, 0.717) is 10.5 Å². The molecule has 0 saturated carbocycles. The fourth-order valence-corrected chi connectivity index (χ4v) is 2.16. The molecular weight excluding hydrogens is 300 g/mol. The van der Waals surface area contributed by atoms with Crippen LogP contribution in [0, 0.1) is 3.70 Å². The number of rotatable bonds is 0. The molecule has 13 heavy (non-hydrogen) atoms. The lowest BCUT2D eigenvalue weighted by atomic mass is 10.2. The second-order valence-electron chi connectivity index (χ2n) is 2.60. The van der Waals surface area contributed by atoms with Crippen LogP contribution in [0.1, 0.15) is 0 Å². The van der Waals surface area contributed by atoms with Gasteiger partial charge in [-0.3, -0.25) is 0 Å². The molecule has 0 radical (unpaired) electrons. The minimum Gasteiger partial charge on any atom is -0.506 e. The van der Waals surface area contributed by atoms with Gasteiger partial charge in [-0.1, -0.05) is 23.7 Å². The molecule has 2 nitrogen and oxygen atoms in total. The van der Waals surface area contributed by atoms with Gasteiger partial charge in [0, 0.05) is 5.39 Å². The molecule has 4 heteroatoms. The van der Waals surface area contributed by atoms with E-state index in [1.54, 1.807) is 18.2 Å². The SMILES string of the molecule is Oc1cccc2c(Cl)cc(I)nc12. The van der Waals surface area contributed by atoms with E-state index in [9.17, 15) is 5.11 Å². The number of nitrogens with zero attached hydrogens (tertiary/aromatic N) is 1. The number of phenols is 1. The van der Waals surface area contributed by atoms with Crippen LogP contribution in [0.3, 0.4) is 0 Å². The summed E-state index contributed by atoms with van der Waals surface area (Å²) in [5.41, 5.74) is 0.555. The minimum absolute atomic E-state index is 0.165. The average molecular weight is 306 g/mol. The Labute approximate surface area is 93.7 Å². The molecule has 1 aromatic carbocycles. The summed E-state index contributed by atoms with van der Waals surface area (Å²) in [6.45, 7) is 0. The molecule has 0 unspecified atom stereocenters. The Morgan fingerprint density at radius 2 is 2.15 bits per heavy atom. The van der Waals surface area contributed by atoms with E-state index in [4.69, 9.17) is 11.6 Å². The fourth-order valence-electron chi connectivity index (χ4n) is 1.16. The topological polar surface area (TPSA) is 33.1 Å². The molecule has 66 valence electrons. The molecule has 0 atom stereocenters. The molecule has 0 spiro atoms. The van der Waals surface area contributed by atoms with Gasteiger partial charge in [-0.05, 0) is 34.7 Å². The summed E-state index contributed by atoms with van der Waals surface area (Å²) in [5, 5.41) is 10.9. The van der Waals surface area contributed by atoms with Crippen molar-refractivity contribution in [3.63, 3.8) is 0 Å². The van der Waals surface area contributed by atoms with Gasteiger partial charge in [0.2, 0.25) is 0 Å². The van der Waals surface area contributed by atoms with Crippen molar-refractivity contribution in [3.8, 4) is 5.75 Å². The third-order valence-corrected chi connectivity index (χ3v) is 2.60. The summed E-state index contributed by atoms with van der Waals surface area (Å²) >= 11 is 8.04. The number of para-hydroxylation sites is 1. The highest BCUT2D eigenvalue weighted by molar-refractivity contribution is 14.1. The van der Waals surface area contributed by atoms with Gasteiger partial charge in [0.05, 0.1) is 5.02 Å². The number of hydrogen-bond acceptors (Lipinski definition) is 2. The quantitative estimate of drug-likeness (QED) is 0.599. The first kappa shape index (κ1) is 9.02. The molecule has 0 saturated heterocycles. The highest BCUT2D eigenvalue weighted by atomic mass is 127. The number of fused-ring (bicyclic) bond motifs is 1. The Kier molecular flexibility index (Phi) is 2.29. The van der Waals surface area contributed by atoms with Crippen LogP contribution in [0.15, 0.2) is 24.3 Å². The Morgan fingerprint density at radius 3 is 2.92 bits per heavy atom. The number of hydrogen-bond donors (Lipinski definition) is 1. The third-order valence-electron chi connectivity index (χ3n) is 1.74. The van der Waals surface area contributed by atoms with Gasteiger partial charge in [-0.2, -0.15) is 0 Å². The van der Waals surface area contributed by atoms with Crippen molar-refractivity contribution in [1.82, 2.24) is 4.98 Å². The first-order chi connectivity index (χ1) is 6.18. The molecule has 1 heterocycles. The zero-order chi connectivity index (χ0) is 9.42. The molecule has 0 bridgehead atoms. The maximum Gasteiger partial charge on any atom is 0.141 e. The molecule has 1 N–H and O–H groups in total. The lowest BCUT2D eigenvalue weighted by Crippen LogP contribution is -1.84. The lowest BCUT2D eigenvalue weighted by molar-refractivity contribution is 0.480. The maximum absolute atomic E-state index is 9.50. The van der Waals surface area contributed by atoms with Crippen LogP contribution >= 0.6 is 34.2 Å². The average Bonchev–Trinajstić information content (AvgIpc) is 2.07. The van der Waals surface area contributed by atoms with Gasteiger partial charge in [0.15, 0.2) is 0 Å². The van der Waals surface area contributed by atoms with Crippen molar-refractivity contribution in [1.29, 1.82) is 0 Å².